The number of hydrogen-bond acceptors (Lipinski definition) is 3. The number of rotatable bonds is 6. The SMILES string of the molecule is Cc1cccc(C)c1C1(C(C)(C)C)Nc2cccc(-c3nc4ccccc4n3-c3c(C(C)C)cc(-c4ccccc4)cc3C(C)C)c2S1. The average molecular weight is 650 g/mol. The third-order valence-corrected chi connectivity index (χ3v) is 11.9. The van der Waals surface area contributed by atoms with E-state index in [-0.39, 0.29) is 10.3 Å². The maximum atomic E-state index is 5.46. The third-order valence-electron chi connectivity index (χ3n) is 10.0. The van der Waals surface area contributed by atoms with Gasteiger partial charge in [-0.15, -0.1) is 0 Å². The van der Waals surface area contributed by atoms with E-state index in [1.807, 2.05) is 11.8 Å². The highest BCUT2D eigenvalue weighted by molar-refractivity contribution is 8.01. The summed E-state index contributed by atoms with van der Waals surface area (Å²) in [6.45, 7) is 20.9. The number of hydrogen-bond donors (Lipinski definition) is 1. The summed E-state index contributed by atoms with van der Waals surface area (Å²) in [6, 6.07) is 37.6. The Kier molecular flexibility index (Phi) is 8.07. The number of anilines is 1. The number of thioether (sulfide) groups is 1. The highest BCUT2D eigenvalue weighted by atomic mass is 32.2. The van der Waals surface area contributed by atoms with Crippen LogP contribution in [0.15, 0.2) is 108 Å². The van der Waals surface area contributed by atoms with Gasteiger partial charge in [0.15, 0.2) is 0 Å². The molecule has 1 aliphatic rings. The second-order valence-corrected chi connectivity index (χ2v) is 16.3. The maximum absolute atomic E-state index is 5.46. The second-order valence-electron chi connectivity index (χ2n) is 15.0. The molecule has 0 amide bonds. The fourth-order valence-corrected chi connectivity index (χ4v) is 9.23. The Bertz CT molecular complexity index is 2100. The molecule has 7 rings (SSSR count). The third kappa shape index (κ3) is 5.17. The zero-order valence-corrected chi connectivity index (χ0v) is 30.6. The minimum Gasteiger partial charge on any atom is -0.365 e. The zero-order valence-electron chi connectivity index (χ0n) is 29.8. The lowest BCUT2D eigenvalue weighted by atomic mass is 9.78. The van der Waals surface area contributed by atoms with Crippen molar-refractivity contribution in [2.24, 2.45) is 5.41 Å². The Morgan fingerprint density at radius 2 is 1.31 bits per heavy atom. The molecule has 1 atom stereocenters. The van der Waals surface area contributed by atoms with Crippen molar-refractivity contribution in [1.29, 1.82) is 0 Å². The summed E-state index contributed by atoms with van der Waals surface area (Å²) < 4.78 is 2.47. The van der Waals surface area contributed by atoms with Gasteiger partial charge in [-0.1, -0.05) is 127 Å². The first-order valence-electron chi connectivity index (χ1n) is 17.3. The molecule has 0 radical (unpaired) electrons. The lowest BCUT2D eigenvalue weighted by molar-refractivity contribution is 0.314. The lowest BCUT2D eigenvalue weighted by Crippen LogP contribution is -2.42. The van der Waals surface area contributed by atoms with Gasteiger partial charge in [-0.2, -0.15) is 0 Å². The summed E-state index contributed by atoms with van der Waals surface area (Å²) in [4.78, 5) is 6.37. The van der Waals surface area contributed by atoms with Crippen LogP contribution in [0.1, 0.15) is 88.1 Å². The van der Waals surface area contributed by atoms with Crippen LogP contribution in [0.25, 0.3) is 39.2 Å². The van der Waals surface area contributed by atoms with E-state index in [0.29, 0.717) is 11.8 Å². The van der Waals surface area contributed by atoms with Crippen molar-refractivity contribution in [3.8, 4) is 28.2 Å². The van der Waals surface area contributed by atoms with E-state index < -0.39 is 0 Å². The van der Waals surface area contributed by atoms with Crippen LogP contribution in [0.4, 0.5) is 5.69 Å². The van der Waals surface area contributed by atoms with Gasteiger partial charge in [0.1, 0.15) is 10.7 Å². The molecule has 1 unspecified atom stereocenters. The second kappa shape index (κ2) is 12.0. The summed E-state index contributed by atoms with van der Waals surface area (Å²) in [5.41, 5.74) is 14.8. The molecule has 1 aliphatic heterocycles. The Labute approximate surface area is 290 Å². The van der Waals surface area contributed by atoms with Gasteiger partial charge < -0.3 is 5.32 Å². The average Bonchev–Trinajstić information content (AvgIpc) is 3.64. The van der Waals surface area contributed by atoms with E-state index in [1.165, 1.54) is 55.2 Å². The van der Waals surface area contributed by atoms with E-state index >= 15 is 0 Å². The molecule has 48 heavy (non-hydrogen) atoms. The van der Waals surface area contributed by atoms with Gasteiger partial charge in [0.2, 0.25) is 0 Å². The number of nitrogens with zero attached hydrogens (tertiary/aromatic N) is 2. The van der Waals surface area contributed by atoms with Crippen LogP contribution in [-0.2, 0) is 4.87 Å². The fourth-order valence-electron chi connectivity index (χ4n) is 7.54. The molecule has 244 valence electrons. The standard InChI is InChI=1S/C44H47N3S/c1-27(2)34-25-32(31-19-11-10-12-20-31)26-35(28(3)4)40(34)47-38-24-14-13-22-36(38)45-42(47)33-21-16-23-37-41(33)48-44(46-37,43(7,8)9)39-29(5)17-15-18-30(39)6/h10-28,46H,1-9H3. The van der Waals surface area contributed by atoms with Gasteiger partial charge in [-0.25, -0.2) is 4.98 Å². The molecule has 0 spiro atoms. The number of nitrogens with one attached hydrogen (secondary N) is 1. The molecule has 3 nitrogen and oxygen atoms in total. The molecule has 0 saturated carbocycles. The predicted molar refractivity (Wildman–Crippen MR) is 207 cm³/mol. The number of imidazole rings is 1. The Hall–Kier alpha value is -4.28. The van der Waals surface area contributed by atoms with E-state index in [9.17, 15) is 0 Å². The van der Waals surface area contributed by atoms with Crippen molar-refractivity contribution >= 4 is 28.5 Å². The number of aryl methyl sites for hydroxylation is 2. The minimum absolute atomic E-state index is 0.0894. The monoisotopic (exact) mass is 649 g/mol. The normalized spacial score (nSPS) is 16.1. The number of benzene rings is 5. The van der Waals surface area contributed by atoms with Crippen LogP contribution in [0.5, 0.6) is 0 Å². The fraction of sp³-hybridized carbons (Fsp3) is 0.295. The summed E-state index contributed by atoms with van der Waals surface area (Å²) in [5.74, 6) is 1.61. The van der Waals surface area contributed by atoms with E-state index in [0.717, 1.165) is 22.4 Å². The van der Waals surface area contributed by atoms with Crippen LogP contribution in [0.2, 0.25) is 0 Å². The van der Waals surface area contributed by atoms with Crippen molar-refractivity contribution in [2.75, 3.05) is 5.32 Å². The molecule has 2 heterocycles. The van der Waals surface area contributed by atoms with E-state index in [2.05, 4.69) is 175 Å². The highest BCUT2D eigenvalue weighted by Gasteiger charge is 2.51. The van der Waals surface area contributed by atoms with Crippen LogP contribution in [0, 0.1) is 19.3 Å². The summed E-state index contributed by atoms with van der Waals surface area (Å²) in [6.07, 6.45) is 0. The molecular formula is C44H47N3S. The lowest BCUT2D eigenvalue weighted by Gasteiger charge is -2.43. The first-order valence-corrected chi connectivity index (χ1v) is 18.1. The first-order chi connectivity index (χ1) is 22.9. The van der Waals surface area contributed by atoms with Gasteiger partial charge in [-0.3, -0.25) is 4.57 Å². The molecule has 0 saturated heterocycles. The zero-order chi connectivity index (χ0) is 34.0. The van der Waals surface area contributed by atoms with Gasteiger partial charge in [0.05, 0.1) is 16.7 Å². The van der Waals surface area contributed by atoms with Crippen LogP contribution >= 0.6 is 11.8 Å². The Balaban J connectivity index is 1.51. The highest BCUT2D eigenvalue weighted by Crippen LogP contribution is 2.62. The molecule has 0 aliphatic carbocycles. The van der Waals surface area contributed by atoms with Crippen molar-refractivity contribution in [2.45, 2.75) is 83.9 Å². The van der Waals surface area contributed by atoms with Crippen LogP contribution < -0.4 is 5.32 Å². The van der Waals surface area contributed by atoms with E-state index in [1.54, 1.807) is 0 Å². The van der Waals surface area contributed by atoms with E-state index in [4.69, 9.17) is 4.98 Å². The van der Waals surface area contributed by atoms with Gasteiger partial charge in [0, 0.05) is 16.1 Å². The summed E-state index contributed by atoms with van der Waals surface area (Å²) in [7, 11) is 0. The van der Waals surface area contributed by atoms with Crippen LogP contribution in [0.3, 0.4) is 0 Å². The topological polar surface area (TPSA) is 29.9 Å². The minimum atomic E-state index is -0.346. The Morgan fingerprint density at radius 1 is 0.708 bits per heavy atom. The van der Waals surface area contributed by atoms with Gasteiger partial charge >= 0.3 is 0 Å². The maximum Gasteiger partial charge on any atom is 0.146 e. The number of fused-ring (bicyclic) bond motifs is 2. The Morgan fingerprint density at radius 3 is 1.94 bits per heavy atom. The van der Waals surface area contributed by atoms with Gasteiger partial charge in [0.25, 0.3) is 0 Å². The molecule has 6 aromatic rings. The smallest absolute Gasteiger partial charge is 0.146 e. The molecular weight excluding hydrogens is 603 g/mol. The molecule has 5 aromatic carbocycles. The molecule has 4 heteroatoms. The van der Waals surface area contributed by atoms with Gasteiger partial charge in [-0.05, 0) is 106 Å². The van der Waals surface area contributed by atoms with Crippen molar-refractivity contribution in [3.63, 3.8) is 0 Å². The predicted octanol–water partition coefficient (Wildman–Crippen LogP) is 12.6. The molecule has 0 bridgehead atoms. The molecule has 0 fully saturated rings. The van der Waals surface area contributed by atoms with Crippen LogP contribution in [-0.4, -0.2) is 9.55 Å². The quantitative estimate of drug-likeness (QED) is 0.195. The summed E-state index contributed by atoms with van der Waals surface area (Å²) >= 11 is 1.96. The molecule has 1 N–H and O–H groups in total. The summed E-state index contributed by atoms with van der Waals surface area (Å²) in [5, 5.41) is 4.10. The number of para-hydroxylation sites is 2. The van der Waals surface area contributed by atoms with Crippen molar-refractivity contribution in [1.82, 2.24) is 9.55 Å². The molecule has 1 aromatic heterocycles. The van der Waals surface area contributed by atoms with Crippen molar-refractivity contribution < 1.29 is 0 Å². The largest absolute Gasteiger partial charge is 0.365 e. The first kappa shape index (κ1) is 32.3. The van der Waals surface area contributed by atoms with Crippen molar-refractivity contribution in [3.05, 3.63) is 131 Å². The number of aromatic nitrogens is 2.